The monoisotopic (exact) mass is 293 g/mol. The molecule has 3 aromatic rings. The maximum Gasteiger partial charge on any atom is 0.213 e. The molecule has 0 aliphatic rings. The highest BCUT2D eigenvalue weighted by Gasteiger charge is 2.10. The summed E-state index contributed by atoms with van der Waals surface area (Å²) in [5.41, 5.74) is 7.64. The van der Waals surface area contributed by atoms with Crippen LogP contribution in [-0.4, -0.2) is 19.7 Å². The molecular weight excluding hydrogens is 286 g/mol. The van der Waals surface area contributed by atoms with Gasteiger partial charge >= 0.3 is 0 Å². The van der Waals surface area contributed by atoms with Crippen molar-refractivity contribution in [2.75, 3.05) is 5.73 Å². The number of rotatable bonds is 2. The lowest BCUT2D eigenvalue weighted by Gasteiger charge is -2.02. The molecule has 0 aliphatic heterocycles. The lowest BCUT2D eigenvalue weighted by atomic mass is 10.3. The zero-order chi connectivity index (χ0) is 11.8. The third-order valence-corrected chi connectivity index (χ3v) is 2.94. The number of hydrogen-bond donors (Lipinski definition) is 1. The summed E-state index contributed by atoms with van der Waals surface area (Å²) in [6.07, 6.45) is 1.29. The van der Waals surface area contributed by atoms with Crippen LogP contribution in [0.15, 0.2) is 33.6 Å². The summed E-state index contributed by atoms with van der Waals surface area (Å²) in [5.74, 6) is 1.00. The molecule has 0 saturated carbocycles. The summed E-state index contributed by atoms with van der Waals surface area (Å²) in [4.78, 5) is 8.24. The van der Waals surface area contributed by atoms with Gasteiger partial charge in [0, 0.05) is 4.47 Å². The molecule has 0 saturated heterocycles. The second kappa shape index (κ2) is 3.85. The van der Waals surface area contributed by atoms with Gasteiger partial charge in [-0.05, 0) is 18.2 Å². The van der Waals surface area contributed by atoms with Crippen LogP contribution in [0.25, 0.3) is 11.0 Å². The minimum atomic E-state index is 0.433. The van der Waals surface area contributed by atoms with E-state index in [0.29, 0.717) is 18.3 Å². The summed E-state index contributed by atoms with van der Waals surface area (Å²) in [7, 11) is 0. The minimum Gasteiger partial charge on any atom is -0.369 e. The summed E-state index contributed by atoms with van der Waals surface area (Å²) in [6, 6.07) is 5.80. The Morgan fingerprint density at radius 1 is 1.41 bits per heavy atom. The van der Waals surface area contributed by atoms with Crippen LogP contribution >= 0.6 is 15.9 Å². The van der Waals surface area contributed by atoms with E-state index >= 15 is 0 Å². The average molecular weight is 294 g/mol. The van der Waals surface area contributed by atoms with Crippen LogP contribution in [0.2, 0.25) is 0 Å². The molecule has 0 amide bonds. The Kier molecular flexibility index (Phi) is 2.32. The van der Waals surface area contributed by atoms with Crippen molar-refractivity contribution in [3.05, 3.63) is 34.9 Å². The topological polar surface area (TPSA) is 82.8 Å². The van der Waals surface area contributed by atoms with Crippen LogP contribution in [0, 0.1) is 0 Å². The Morgan fingerprint density at radius 2 is 2.29 bits per heavy atom. The van der Waals surface area contributed by atoms with Crippen LogP contribution in [0.4, 0.5) is 5.95 Å². The molecule has 0 radical (unpaired) electrons. The van der Waals surface area contributed by atoms with Gasteiger partial charge in [0.15, 0.2) is 5.82 Å². The van der Waals surface area contributed by atoms with E-state index in [1.54, 1.807) is 0 Å². The highest BCUT2D eigenvalue weighted by atomic mass is 79.9. The molecular formula is C10H8BrN5O. The highest BCUT2D eigenvalue weighted by molar-refractivity contribution is 9.10. The molecule has 0 bridgehead atoms. The Morgan fingerprint density at radius 3 is 3.06 bits per heavy atom. The smallest absolute Gasteiger partial charge is 0.213 e. The Hall–Kier alpha value is -1.89. The quantitative estimate of drug-likeness (QED) is 0.779. The highest BCUT2D eigenvalue weighted by Crippen LogP contribution is 2.22. The van der Waals surface area contributed by atoms with E-state index in [1.165, 1.54) is 6.39 Å². The molecule has 86 valence electrons. The number of halogens is 1. The summed E-state index contributed by atoms with van der Waals surface area (Å²) in [6.45, 7) is 0.445. The fraction of sp³-hybridized carbons (Fsp3) is 0.100. The van der Waals surface area contributed by atoms with Crippen molar-refractivity contribution in [1.29, 1.82) is 0 Å². The molecule has 1 aromatic carbocycles. The Balaban J connectivity index is 2.12. The lowest BCUT2D eigenvalue weighted by Crippen LogP contribution is -2.05. The van der Waals surface area contributed by atoms with Crippen molar-refractivity contribution in [2.24, 2.45) is 0 Å². The molecule has 7 heteroatoms. The summed E-state index contributed by atoms with van der Waals surface area (Å²) < 4.78 is 7.50. The van der Waals surface area contributed by atoms with Crippen molar-refractivity contribution in [1.82, 2.24) is 19.7 Å². The number of fused-ring (bicyclic) bond motifs is 1. The second-order valence-corrected chi connectivity index (χ2v) is 4.45. The van der Waals surface area contributed by atoms with Crippen LogP contribution in [-0.2, 0) is 6.54 Å². The van der Waals surface area contributed by atoms with Gasteiger partial charge in [-0.3, -0.25) is 0 Å². The summed E-state index contributed by atoms with van der Waals surface area (Å²) >= 11 is 3.40. The predicted molar refractivity (Wildman–Crippen MR) is 65.2 cm³/mol. The molecule has 2 aromatic heterocycles. The van der Waals surface area contributed by atoms with E-state index in [-0.39, 0.29) is 0 Å². The van der Waals surface area contributed by atoms with Crippen molar-refractivity contribution < 1.29 is 4.52 Å². The Bertz CT molecular complexity index is 661. The van der Waals surface area contributed by atoms with Gasteiger partial charge in [-0.1, -0.05) is 21.1 Å². The van der Waals surface area contributed by atoms with Crippen LogP contribution in [0.3, 0.4) is 0 Å². The summed E-state index contributed by atoms with van der Waals surface area (Å²) in [5, 5.41) is 3.76. The molecule has 0 atom stereocenters. The largest absolute Gasteiger partial charge is 0.369 e. The first-order valence-electron chi connectivity index (χ1n) is 4.90. The van der Waals surface area contributed by atoms with E-state index in [4.69, 9.17) is 10.3 Å². The molecule has 0 fully saturated rings. The van der Waals surface area contributed by atoms with Gasteiger partial charge in [0.2, 0.25) is 12.3 Å². The van der Waals surface area contributed by atoms with Gasteiger partial charge in [0.05, 0.1) is 17.6 Å². The molecule has 3 rings (SSSR count). The van der Waals surface area contributed by atoms with Gasteiger partial charge in [-0.15, -0.1) is 0 Å². The van der Waals surface area contributed by atoms with Gasteiger partial charge < -0.3 is 14.8 Å². The number of benzene rings is 1. The number of anilines is 1. The van der Waals surface area contributed by atoms with Crippen LogP contribution in [0.5, 0.6) is 0 Å². The third kappa shape index (κ3) is 1.78. The number of aromatic nitrogens is 4. The van der Waals surface area contributed by atoms with E-state index < -0.39 is 0 Å². The Labute approximate surface area is 105 Å². The number of nitrogen functional groups attached to an aromatic ring is 1. The van der Waals surface area contributed by atoms with Crippen LogP contribution in [0.1, 0.15) is 5.82 Å². The van der Waals surface area contributed by atoms with Gasteiger partial charge in [-0.25, -0.2) is 4.98 Å². The molecule has 2 N–H and O–H groups in total. The van der Waals surface area contributed by atoms with Crippen LogP contribution < -0.4 is 5.73 Å². The van der Waals surface area contributed by atoms with Crippen molar-refractivity contribution in [3.63, 3.8) is 0 Å². The maximum atomic E-state index is 5.87. The fourth-order valence-electron chi connectivity index (χ4n) is 1.69. The molecule has 0 unspecified atom stereocenters. The first-order valence-corrected chi connectivity index (χ1v) is 5.70. The first kappa shape index (κ1) is 10.3. The average Bonchev–Trinajstić information content (AvgIpc) is 2.88. The minimum absolute atomic E-state index is 0.433. The van der Waals surface area contributed by atoms with E-state index in [9.17, 15) is 0 Å². The van der Waals surface area contributed by atoms with E-state index in [1.807, 2.05) is 22.8 Å². The number of nitrogens with zero attached hydrogens (tertiary/aromatic N) is 4. The standard InChI is InChI=1S/C10H8BrN5O/c11-6-1-2-8-7(3-6)14-10(12)16(8)4-9-13-5-17-15-9/h1-3,5H,4H2,(H2,12,14). The molecule has 0 aliphatic carbocycles. The molecule has 0 spiro atoms. The number of nitrogens with two attached hydrogens (primary N) is 1. The van der Waals surface area contributed by atoms with Crippen molar-refractivity contribution in [2.45, 2.75) is 6.54 Å². The molecule has 17 heavy (non-hydrogen) atoms. The van der Waals surface area contributed by atoms with Gasteiger partial charge in [-0.2, -0.15) is 4.98 Å². The molecule has 6 nitrogen and oxygen atoms in total. The van der Waals surface area contributed by atoms with Crippen molar-refractivity contribution >= 4 is 32.9 Å². The van der Waals surface area contributed by atoms with Gasteiger partial charge in [0.25, 0.3) is 0 Å². The number of hydrogen-bond acceptors (Lipinski definition) is 5. The predicted octanol–water partition coefficient (Wildman–Crippen LogP) is 1.81. The second-order valence-electron chi connectivity index (χ2n) is 3.54. The van der Waals surface area contributed by atoms with E-state index in [0.717, 1.165) is 15.5 Å². The fourth-order valence-corrected chi connectivity index (χ4v) is 2.04. The zero-order valence-corrected chi connectivity index (χ0v) is 10.3. The van der Waals surface area contributed by atoms with E-state index in [2.05, 4.69) is 31.1 Å². The zero-order valence-electron chi connectivity index (χ0n) is 8.67. The maximum absolute atomic E-state index is 5.87. The van der Waals surface area contributed by atoms with Gasteiger partial charge in [0.1, 0.15) is 0 Å². The van der Waals surface area contributed by atoms with Crippen molar-refractivity contribution in [3.8, 4) is 0 Å². The SMILES string of the molecule is Nc1nc2cc(Br)ccc2n1Cc1ncon1. The third-order valence-electron chi connectivity index (χ3n) is 2.45. The molecule has 2 heterocycles. The first-order chi connectivity index (χ1) is 8.24. The number of imidazole rings is 1. The lowest BCUT2D eigenvalue weighted by molar-refractivity contribution is 0.408. The normalized spacial score (nSPS) is 11.1.